The third-order valence-electron chi connectivity index (χ3n) is 4.06. The minimum Gasteiger partial charge on any atom is -0.389 e. The molecule has 21 heavy (non-hydrogen) atoms. The van der Waals surface area contributed by atoms with Crippen LogP contribution >= 0.6 is 12.2 Å². The Morgan fingerprint density at radius 3 is 2.48 bits per heavy atom. The highest BCUT2D eigenvalue weighted by molar-refractivity contribution is 7.80. The van der Waals surface area contributed by atoms with E-state index < -0.39 is 0 Å². The van der Waals surface area contributed by atoms with E-state index in [1.807, 2.05) is 12.1 Å². The van der Waals surface area contributed by atoms with Crippen molar-refractivity contribution in [2.24, 2.45) is 5.73 Å². The lowest BCUT2D eigenvalue weighted by Gasteiger charge is -2.38. The first-order valence-corrected chi connectivity index (χ1v) is 7.91. The van der Waals surface area contributed by atoms with Crippen molar-refractivity contribution in [3.8, 4) is 0 Å². The number of piperazine rings is 1. The van der Waals surface area contributed by atoms with Gasteiger partial charge in [-0.25, -0.2) is 0 Å². The Labute approximate surface area is 133 Å². The van der Waals surface area contributed by atoms with Crippen LogP contribution in [0.15, 0.2) is 18.2 Å². The molecular weight excluding hydrogens is 280 g/mol. The number of nitrogens with two attached hydrogens (primary N) is 1. The van der Waals surface area contributed by atoms with Crippen LogP contribution in [0.4, 0.5) is 5.69 Å². The third-order valence-corrected chi connectivity index (χ3v) is 4.28. The Morgan fingerprint density at radius 1 is 1.24 bits per heavy atom. The Hall–Kier alpha value is -1.17. The molecular formula is C16H26N4S. The van der Waals surface area contributed by atoms with Gasteiger partial charge in [0.05, 0.1) is 0 Å². The average Bonchev–Trinajstić information content (AvgIpc) is 2.45. The van der Waals surface area contributed by atoms with Gasteiger partial charge in [-0.15, -0.1) is 0 Å². The molecule has 4 nitrogen and oxygen atoms in total. The van der Waals surface area contributed by atoms with Gasteiger partial charge in [0.1, 0.15) is 4.99 Å². The molecule has 5 heteroatoms. The van der Waals surface area contributed by atoms with E-state index in [-0.39, 0.29) is 0 Å². The number of thiocarbonyl (C=S) groups is 1. The largest absolute Gasteiger partial charge is 0.389 e. The van der Waals surface area contributed by atoms with Gasteiger partial charge >= 0.3 is 0 Å². The number of hydrogen-bond acceptors (Lipinski definition) is 4. The summed E-state index contributed by atoms with van der Waals surface area (Å²) in [6, 6.07) is 6.19. The van der Waals surface area contributed by atoms with Crippen molar-refractivity contribution in [1.82, 2.24) is 9.80 Å². The van der Waals surface area contributed by atoms with Crippen LogP contribution in [0.2, 0.25) is 0 Å². The summed E-state index contributed by atoms with van der Waals surface area (Å²) >= 11 is 5.21. The van der Waals surface area contributed by atoms with E-state index >= 15 is 0 Å². The van der Waals surface area contributed by atoms with E-state index in [4.69, 9.17) is 18.0 Å². The molecule has 1 saturated heterocycles. The van der Waals surface area contributed by atoms with Crippen LogP contribution in [0, 0.1) is 6.92 Å². The lowest BCUT2D eigenvalue weighted by atomic mass is 10.1. The van der Waals surface area contributed by atoms with E-state index in [1.165, 1.54) is 11.3 Å². The predicted octanol–water partition coefficient (Wildman–Crippen LogP) is 1.31. The van der Waals surface area contributed by atoms with Crippen LogP contribution in [-0.4, -0.2) is 68.2 Å². The first-order valence-electron chi connectivity index (χ1n) is 7.50. The first kappa shape index (κ1) is 16.2. The van der Waals surface area contributed by atoms with Crippen molar-refractivity contribution in [3.05, 3.63) is 29.3 Å². The molecule has 1 aromatic rings. The molecule has 0 atom stereocenters. The minimum absolute atomic E-state index is 0.490. The fraction of sp³-hybridized carbons (Fsp3) is 0.562. The second kappa shape index (κ2) is 7.20. The van der Waals surface area contributed by atoms with Gasteiger partial charge in [0.2, 0.25) is 0 Å². The number of aryl methyl sites for hydroxylation is 1. The molecule has 0 bridgehead atoms. The van der Waals surface area contributed by atoms with Gasteiger partial charge in [-0.3, -0.25) is 4.90 Å². The molecule has 0 radical (unpaired) electrons. The Morgan fingerprint density at radius 2 is 1.90 bits per heavy atom. The number of benzene rings is 1. The number of hydrogen-bond donors (Lipinski definition) is 1. The lowest BCUT2D eigenvalue weighted by molar-refractivity contribution is 0.229. The van der Waals surface area contributed by atoms with E-state index in [1.54, 1.807) is 0 Å². The molecule has 1 aliphatic heterocycles. The second-order valence-electron chi connectivity index (χ2n) is 5.97. The van der Waals surface area contributed by atoms with Gasteiger partial charge in [0.25, 0.3) is 0 Å². The van der Waals surface area contributed by atoms with Gasteiger partial charge in [0, 0.05) is 50.5 Å². The van der Waals surface area contributed by atoms with Crippen molar-refractivity contribution in [3.63, 3.8) is 0 Å². The van der Waals surface area contributed by atoms with Crippen LogP contribution < -0.4 is 10.6 Å². The van der Waals surface area contributed by atoms with Gasteiger partial charge in [-0.1, -0.05) is 24.4 Å². The molecule has 0 aliphatic carbocycles. The molecule has 0 spiro atoms. The summed E-state index contributed by atoms with van der Waals surface area (Å²) in [4.78, 5) is 7.67. The monoisotopic (exact) mass is 306 g/mol. The van der Waals surface area contributed by atoms with Gasteiger partial charge in [-0.2, -0.15) is 0 Å². The summed E-state index contributed by atoms with van der Waals surface area (Å²) in [5.41, 5.74) is 9.37. The SMILES string of the molecule is Cc1cccc(C(N)=S)c1N1CCN(CCN(C)C)CC1. The summed E-state index contributed by atoms with van der Waals surface area (Å²) in [7, 11) is 4.25. The third kappa shape index (κ3) is 4.15. The van der Waals surface area contributed by atoms with Gasteiger partial charge in [-0.05, 0) is 32.6 Å². The van der Waals surface area contributed by atoms with Crippen molar-refractivity contribution in [1.29, 1.82) is 0 Å². The van der Waals surface area contributed by atoms with Crippen LogP contribution in [0.3, 0.4) is 0 Å². The predicted molar refractivity (Wildman–Crippen MR) is 94.3 cm³/mol. The maximum absolute atomic E-state index is 5.89. The summed E-state index contributed by atoms with van der Waals surface area (Å²) < 4.78 is 0. The summed E-state index contributed by atoms with van der Waals surface area (Å²) in [5.74, 6) is 0. The Balaban J connectivity index is 2.04. The van der Waals surface area contributed by atoms with Gasteiger partial charge in [0.15, 0.2) is 0 Å². The molecule has 0 saturated carbocycles. The highest BCUT2D eigenvalue weighted by atomic mass is 32.1. The fourth-order valence-electron chi connectivity index (χ4n) is 2.81. The molecule has 1 aliphatic rings. The van der Waals surface area contributed by atoms with Crippen LogP contribution in [0.5, 0.6) is 0 Å². The molecule has 0 aromatic heterocycles. The quantitative estimate of drug-likeness (QED) is 0.830. The van der Waals surface area contributed by atoms with Crippen molar-refractivity contribution >= 4 is 22.9 Å². The Kier molecular flexibility index (Phi) is 5.56. The fourth-order valence-corrected chi connectivity index (χ4v) is 2.98. The maximum atomic E-state index is 5.89. The maximum Gasteiger partial charge on any atom is 0.106 e. The molecule has 0 unspecified atom stereocenters. The number of nitrogens with zero attached hydrogens (tertiary/aromatic N) is 3. The van der Waals surface area contributed by atoms with Crippen LogP contribution in [0.25, 0.3) is 0 Å². The average molecular weight is 306 g/mol. The zero-order chi connectivity index (χ0) is 15.4. The van der Waals surface area contributed by atoms with Crippen LogP contribution in [0.1, 0.15) is 11.1 Å². The molecule has 0 amide bonds. The number of likely N-dealkylation sites (N-methyl/N-ethyl adjacent to an activating group) is 1. The lowest BCUT2D eigenvalue weighted by Crippen LogP contribution is -2.48. The number of rotatable bonds is 5. The standard InChI is InChI=1S/C16H26N4S/c1-13-5-4-6-14(16(17)21)15(13)20-11-9-19(10-12-20)8-7-18(2)3/h4-6H,7-12H2,1-3H3,(H2,17,21). The highest BCUT2D eigenvalue weighted by Crippen LogP contribution is 2.26. The minimum atomic E-state index is 0.490. The number of anilines is 1. The molecule has 1 heterocycles. The van der Waals surface area contributed by atoms with Gasteiger partial charge < -0.3 is 15.5 Å². The summed E-state index contributed by atoms with van der Waals surface area (Å²) in [6.45, 7) is 8.65. The van der Waals surface area contributed by atoms with Crippen molar-refractivity contribution in [2.75, 3.05) is 58.3 Å². The molecule has 1 fully saturated rings. The van der Waals surface area contributed by atoms with Crippen molar-refractivity contribution < 1.29 is 0 Å². The molecule has 2 N–H and O–H groups in total. The molecule has 2 rings (SSSR count). The van der Waals surface area contributed by atoms with E-state index in [0.717, 1.165) is 44.8 Å². The van der Waals surface area contributed by atoms with Crippen molar-refractivity contribution in [2.45, 2.75) is 6.92 Å². The zero-order valence-corrected chi connectivity index (χ0v) is 14.1. The molecule has 1 aromatic carbocycles. The topological polar surface area (TPSA) is 35.7 Å². The zero-order valence-electron chi connectivity index (χ0n) is 13.3. The summed E-state index contributed by atoms with van der Waals surface area (Å²) in [6.07, 6.45) is 0. The normalized spacial score (nSPS) is 16.5. The van der Waals surface area contributed by atoms with Crippen LogP contribution in [-0.2, 0) is 0 Å². The second-order valence-corrected chi connectivity index (χ2v) is 6.41. The van der Waals surface area contributed by atoms with E-state index in [0.29, 0.717) is 4.99 Å². The Bertz CT molecular complexity index is 493. The number of para-hydroxylation sites is 1. The molecule has 116 valence electrons. The van der Waals surface area contributed by atoms with E-state index in [9.17, 15) is 0 Å². The smallest absolute Gasteiger partial charge is 0.106 e. The van der Waals surface area contributed by atoms with E-state index in [2.05, 4.69) is 41.8 Å². The highest BCUT2D eigenvalue weighted by Gasteiger charge is 2.21. The first-order chi connectivity index (χ1) is 9.99. The summed E-state index contributed by atoms with van der Waals surface area (Å²) in [5, 5.41) is 0.